The van der Waals surface area contributed by atoms with Gasteiger partial charge in [0.25, 0.3) is 0 Å². The van der Waals surface area contributed by atoms with Crippen LogP contribution >= 0.6 is 20.7 Å². The van der Waals surface area contributed by atoms with Gasteiger partial charge in [0.1, 0.15) is 0 Å². The molecular weight excluding hydrogens is 435 g/mol. The Kier molecular flexibility index (Phi) is 5.87. The van der Waals surface area contributed by atoms with E-state index >= 15 is 0 Å². The van der Waals surface area contributed by atoms with Gasteiger partial charge in [-0.3, -0.25) is 0 Å². The quantitative estimate of drug-likeness (QED) is 0.215. The number of alkyl halides is 1. The van der Waals surface area contributed by atoms with Gasteiger partial charge in [0.05, 0.1) is 0 Å². The lowest BCUT2D eigenvalue weighted by Gasteiger charge is -2.59. The van der Waals surface area contributed by atoms with Gasteiger partial charge < -0.3 is 5.11 Å². The molecule has 0 amide bonds. The van der Waals surface area contributed by atoms with E-state index in [-0.39, 0.29) is 20.7 Å². The predicted molar refractivity (Wildman–Crippen MR) is 119 cm³/mol. The topological polar surface area (TPSA) is 37.3 Å². The highest BCUT2D eigenvalue weighted by Crippen LogP contribution is 2.64. The lowest BCUT2D eigenvalue weighted by Crippen LogP contribution is -2.50. The summed E-state index contributed by atoms with van der Waals surface area (Å²) in [5, 5.41) is 8.84. The molecular formula is C23H35IO2. The standard InChI is InChI=1S/C23H35IO2/c1-21(12-6-5-8-20(25)26)13-7-14-23(3)18-11-15-22(2,24-4)16-17(18)9-10-19(21)23/h5,8,11,17,19H,4,6-7,9-10,12-16H2,1-3H3,(H,25,26)/b8-5+/t17?,19?,21-,22+,23+/m1/s1. The van der Waals surface area contributed by atoms with Crippen molar-refractivity contribution in [3.05, 3.63) is 23.8 Å². The Morgan fingerprint density at radius 3 is 2.81 bits per heavy atom. The molecule has 3 rings (SSSR count). The molecule has 0 heterocycles. The summed E-state index contributed by atoms with van der Waals surface area (Å²) in [7, 11) is 0. The first-order chi connectivity index (χ1) is 12.2. The SMILES string of the molecule is C=I[C@@]1(C)CC=C2C(CCC3[C@](C)(CC/C=C/C(=O)O)CCC[C@@]23C)C1. The molecule has 0 aliphatic heterocycles. The van der Waals surface area contributed by atoms with E-state index in [1.54, 1.807) is 5.57 Å². The van der Waals surface area contributed by atoms with Crippen LogP contribution in [0.15, 0.2) is 23.8 Å². The van der Waals surface area contributed by atoms with Crippen LogP contribution in [0.2, 0.25) is 0 Å². The fourth-order valence-corrected chi connectivity index (χ4v) is 7.89. The van der Waals surface area contributed by atoms with Crippen molar-refractivity contribution in [2.24, 2.45) is 22.7 Å². The third-order valence-electron chi connectivity index (χ3n) is 7.84. The van der Waals surface area contributed by atoms with Gasteiger partial charge in [0, 0.05) is 9.50 Å². The number of aliphatic carboxylic acids is 1. The minimum atomic E-state index is -0.826. The number of carboxylic acids is 1. The maximum absolute atomic E-state index is 10.7. The number of hydrogen-bond donors (Lipinski definition) is 1. The zero-order valence-corrected chi connectivity index (χ0v) is 18.8. The number of carbonyl (C=O) groups is 1. The highest BCUT2D eigenvalue weighted by Gasteiger charge is 2.54. The Hall–Kier alpha value is -0.450. The van der Waals surface area contributed by atoms with Crippen molar-refractivity contribution in [2.75, 3.05) is 0 Å². The highest BCUT2D eigenvalue weighted by atomic mass is 127. The van der Waals surface area contributed by atoms with Gasteiger partial charge in [-0.05, 0) is 74.0 Å². The molecule has 0 saturated heterocycles. The predicted octanol–water partition coefficient (Wildman–Crippen LogP) is 6.51. The Balaban J connectivity index is 1.81. The first kappa shape index (κ1) is 20.3. The van der Waals surface area contributed by atoms with E-state index < -0.39 is 5.97 Å². The molecule has 2 fully saturated rings. The smallest absolute Gasteiger partial charge is 0.327 e. The van der Waals surface area contributed by atoms with Crippen molar-refractivity contribution < 1.29 is 9.90 Å². The van der Waals surface area contributed by atoms with Crippen LogP contribution in [0.1, 0.15) is 78.6 Å². The van der Waals surface area contributed by atoms with Crippen molar-refractivity contribution in [2.45, 2.75) is 82.0 Å². The van der Waals surface area contributed by atoms with Gasteiger partial charge in [-0.15, -0.1) is 20.7 Å². The van der Waals surface area contributed by atoms with Crippen molar-refractivity contribution in [3.8, 4) is 0 Å². The van der Waals surface area contributed by atoms with Crippen LogP contribution in [0.3, 0.4) is 0 Å². The van der Waals surface area contributed by atoms with E-state index in [0.29, 0.717) is 14.3 Å². The fourth-order valence-electron chi connectivity index (χ4n) is 6.52. The zero-order chi connectivity index (χ0) is 19.0. The molecule has 5 atom stereocenters. The van der Waals surface area contributed by atoms with Crippen LogP contribution in [0.4, 0.5) is 0 Å². The van der Waals surface area contributed by atoms with Crippen molar-refractivity contribution >= 4 is 31.2 Å². The first-order valence-electron chi connectivity index (χ1n) is 10.2. The summed E-state index contributed by atoms with van der Waals surface area (Å²) in [5.41, 5.74) is 2.50. The van der Waals surface area contributed by atoms with Crippen LogP contribution in [0, 0.1) is 22.7 Å². The van der Waals surface area contributed by atoms with Gasteiger partial charge in [-0.25, -0.2) is 4.79 Å². The van der Waals surface area contributed by atoms with Crippen LogP contribution in [0.5, 0.6) is 0 Å². The third kappa shape index (κ3) is 3.74. The van der Waals surface area contributed by atoms with Crippen molar-refractivity contribution in [1.82, 2.24) is 0 Å². The van der Waals surface area contributed by atoms with E-state index in [0.717, 1.165) is 24.7 Å². The van der Waals surface area contributed by atoms with Gasteiger partial charge in [-0.1, -0.05) is 49.4 Å². The number of halogens is 1. The van der Waals surface area contributed by atoms with E-state index in [1.165, 1.54) is 51.0 Å². The summed E-state index contributed by atoms with van der Waals surface area (Å²) >= 11 is 0.0462. The number of fused-ring (bicyclic) bond motifs is 3. The average molecular weight is 470 g/mol. The normalized spacial score (nSPS) is 42.8. The number of carboxylic acid groups (broad SMARTS) is 1. The highest BCUT2D eigenvalue weighted by molar-refractivity contribution is 14.2. The second-order valence-corrected chi connectivity index (χ2v) is 13.0. The van der Waals surface area contributed by atoms with E-state index in [9.17, 15) is 4.79 Å². The van der Waals surface area contributed by atoms with Crippen LogP contribution in [-0.4, -0.2) is 19.0 Å². The Morgan fingerprint density at radius 2 is 2.12 bits per heavy atom. The van der Waals surface area contributed by atoms with Crippen molar-refractivity contribution in [1.29, 1.82) is 0 Å². The summed E-state index contributed by atoms with van der Waals surface area (Å²) in [6.07, 6.45) is 17.1. The Bertz CT molecular complexity index is 636. The minimum absolute atomic E-state index is 0.0462. The molecule has 0 aromatic rings. The monoisotopic (exact) mass is 470 g/mol. The molecule has 0 bridgehead atoms. The first-order valence-corrected chi connectivity index (χ1v) is 12.8. The number of hydrogen-bond acceptors (Lipinski definition) is 1. The lowest BCUT2D eigenvalue weighted by molar-refractivity contribution is -0.131. The zero-order valence-electron chi connectivity index (χ0n) is 16.7. The molecule has 2 nitrogen and oxygen atoms in total. The summed E-state index contributed by atoms with van der Waals surface area (Å²) in [6.45, 7) is 7.51. The molecule has 2 unspecified atom stereocenters. The molecule has 1 N–H and O–H groups in total. The largest absolute Gasteiger partial charge is 0.478 e. The van der Waals surface area contributed by atoms with Gasteiger partial charge in [0.15, 0.2) is 0 Å². The van der Waals surface area contributed by atoms with Crippen LogP contribution < -0.4 is 0 Å². The summed E-state index contributed by atoms with van der Waals surface area (Å²) in [4.78, 5) is 10.7. The molecule has 0 aromatic carbocycles. The van der Waals surface area contributed by atoms with Gasteiger partial charge in [-0.2, -0.15) is 0 Å². The second-order valence-electron chi connectivity index (χ2n) is 9.65. The fraction of sp³-hybridized carbons (Fsp3) is 0.739. The molecule has 0 spiro atoms. The second kappa shape index (κ2) is 7.52. The van der Waals surface area contributed by atoms with Crippen molar-refractivity contribution in [3.63, 3.8) is 0 Å². The van der Waals surface area contributed by atoms with Crippen LogP contribution in [0.25, 0.3) is 0 Å². The number of allylic oxidation sites excluding steroid dienone is 3. The van der Waals surface area contributed by atoms with Gasteiger partial charge in [0.2, 0.25) is 0 Å². The summed E-state index contributed by atoms with van der Waals surface area (Å²) < 4.78 is 4.84. The molecule has 0 radical (unpaired) electrons. The molecule has 0 aromatic heterocycles. The Labute approximate surface area is 169 Å². The Morgan fingerprint density at radius 1 is 1.35 bits per heavy atom. The number of rotatable bonds is 5. The summed E-state index contributed by atoms with van der Waals surface area (Å²) in [5.74, 6) is 0.724. The van der Waals surface area contributed by atoms with Gasteiger partial charge >= 0.3 is 5.97 Å². The molecule has 2 saturated carbocycles. The molecule has 3 aliphatic carbocycles. The minimum Gasteiger partial charge on any atom is -0.478 e. The third-order valence-corrected chi connectivity index (χ3v) is 10.6. The van der Waals surface area contributed by atoms with E-state index in [4.69, 9.17) is 5.11 Å². The summed E-state index contributed by atoms with van der Waals surface area (Å²) in [6, 6.07) is 0. The van der Waals surface area contributed by atoms with E-state index in [2.05, 4.69) is 31.4 Å². The van der Waals surface area contributed by atoms with Crippen LogP contribution in [-0.2, 0) is 4.79 Å². The molecule has 3 aliphatic rings. The lowest BCUT2D eigenvalue weighted by atomic mass is 9.46. The van der Waals surface area contributed by atoms with E-state index in [1.807, 2.05) is 6.08 Å². The average Bonchev–Trinajstić information content (AvgIpc) is 2.58. The molecule has 26 heavy (non-hydrogen) atoms. The maximum Gasteiger partial charge on any atom is 0.327 e. The molecule has 3 heteroatoms. The molecule has 146 valence electrons. The maximum atomic E-state index is 10.7.